The highest BCUT2D eigenvalue weighted by molar-refractivity contribution is 9.10. The van der Waals surface area contributed by atoms with E-state index in [9.17, 15) is 5.11 Å². The summed E-state index contributed by atoms with van der Waals surface area (Å²) < 4.78 is 8.74. The molecular formula is C16H21BrN2O2. The zero-order valence-electron chi connectivity index (χ0n) is 12.6. The highest BCUT2D eigenvalue weighted by atomic mass is 79.9. The molecule has 114 valence electrons. The first-order valence-corrected chi connectivity index (χ1v) is 8.30. The number of nitrogens with zero attached hydrogens (tertiary/aromatic N) is 2. The molecule has 1 saturated carbocycles. The van der Waals surface area contributed by atoms with Gasteiger partial charge in [0, 0.05) is 18.9 Å². The lowest BCUT2D eigenvalue weighted by Crippen LogP contribution is -2.08. The van der Waals surface area contributed by atoms with Crippen LogP contribution in [0.4, 0.5) is 0 Å². The van der Waals surface area contributed by atoms with Gasteiger partial charge in [0.05, 0.1) is 15.9 Å². The van der Waals surface area contributed by atoms with Crippen LogP contribution in [0.3, 0.4) is 0 Å². The molecule has 3 unspecified atom stereocenters. The standard InChI is InChI=1S/C16H21BrN2O2/c1-4-19-12(16(17)10(3)18-19)8-13(20)15-6-5-14(21-15)11-7-9(11)2/h5-6,9,11,13,20H,4,7-8H2,1-3H3. The Balaban J connectivity index is 1.77. The van der Waals surface area contributed by atoms with Crippen LogP contribution < -0.4 is 0 Å². The van der Waals surface area contributed by atoms with E-state index in [2.05, 4.69) is 28.0 Å². The van der Waals surface area contributed by atoms with Crippen LogP contribution in [0.15, 0.2) is 21.0 Å². The van der Waals surface area contributed by atoms with Crippen molar-refractivity contribution >= 4 is 15.9 Å². The summed E-state index contributed by atoms with van der Waals surface area (Å²) in [5.74, 6) is 2.91. The van der Waals surface area contributed by atoms with Gasteiger partial charge in [0.2, 0.25) is 0 Å². The maximum absolute atomic E-state index is 10.5. The summed E-state index contributed by atoms with van der Waals surface area (Å²) in [6.07, 6.45) is 1.06. The third-order valence-electron chi connectivity index (χ3n) is 4.29. The quantitative estimate of drug-likeness (QED) is 0.885. The molecule has 2 heterocycles. The minimum atomic E-state index is -0.634. The first-order valence-electron chi connectivity index (χ1n) is 7.50. The minimum absolute atomic E-state index is 0.502. The van der Waals surface area contributed by atoms with Gasteiger partial charge in [-0.05, 0) is 54.2 Å². The Kier molecular flexibility index (Phi) is 3.97. The first-order chi connectivity index (χ1) is 10.0. The number of rotatable bonds is 5. The van der Waals surface area contributed by atoms with E-state index >= 15 is 0 Å². The second-order valence-electron chi connectivity index (χ2n) is 5.94. The van der Waals surface area contributed by atoms with Gasteiger partial charge in [0.15, 0.2) is 0 Å². The molecule has 4 nitrogen and oxygen atoms in total. The van der Waals surface area contributed by atoms with Crippen LogP contribution in [0.1, 0.15) is 55.2 Å². The number of aliphatic hydroxyl groups is 1. The number of halogens is 1. The molecule has 0 spiro atoms. The zero-order chi connectivity index (χ0) is 15.1. The number of hydrogen-bond donors (Lipinski definition) is 1. The molecule has 2 aromatic heterocycles. The van der Waals surface area contributed by atoms with Crippen LogP contribution in [-0.2, 0) is 13.0 Å². The highest BCUT2D eigenvalue weighted by Gasteiger charge is 2.37. The first kappa shape index (κ1) is 14.9. The van der Waals surface area contributed by atoms with E-state index < -0.39 is 6.10 Å². The van der Waals surface area contributed by atoms with E-state index in [4.69, 9.17) is 4.42 Å². The molecule has 2 aromatic rings. The molecule has 1 aliphatic rings. The highest BCUT2D eigenvalue weighted by Crippen LogP contribution is 2.47. The van der Waals surface area contributed by atoms with E-state index in [-0.39, 0.29) is 0 Å². The Hall–Kier alpha value is -1.07. The molecule has 0 radical (unpaired) electrons. The average Bonchev–Trinajstić information content (AvgIpc) is 2.90. The van der Waals surface area contributed by atoms with Gasteiger partial charge in [-0.1, -0.05) is 6.92 Å². The van der Waals surface area contributed by atoms with Crippen LogP contribution in [0.5, 0.6) is 0 Å². The van der Waals surface area contributed by atoms with Gasteiger partial charge in [0.1, 0.15) is 17.6 Å². The fourth-order valence-corrected chi connectivity index (χ4v) is 3.26. The van der Waals surface area contributed by atoms with E-state index in [0.29, 0.717) is 24.0 Å². The summed E-state index contributed by atoms with van der Waals surface area (Å²) in [6, 6.07) is 3.91. The number of furan rings is 1. The fourth-order valence-electron chi connectivity index (χ4n) is 2.81. The van der Waals surface area contributed by atoms with Gasteiger partial charge in [-0.3, -0.25) is 4.68 Å². The van der Waals surface area contributed by atoms with Gasteiger partial charge < -0.3 is 9.52 Å². The second-order valence-corrected chi connectivity index (χ2v) is 6.73. The Morgan fingerprint density at radius 1 is 1.52 bits per heavy atom. The van der Waals surface area contributed by atoms with Crippen molar-refractivity contribution in [3.05, 3.63) is 39.5 Å². The Morgan fingerprint density at radius 2 is 2.24 bits per heavy atom. The van der Waals surface area contributed by atoms with Crippen LogP contribution in [-0.4, -0.2) is 14.9 Å². The molecule has 1 aliphatic carbocycles. The average molecular weight is 353 g/mol. The number of aliphatic hydroxyl groups excluding tert-OH is 1. The van der Waals surface area contributed by atoms with Crippen LogP contribution in [0, 0.1) is 12.8 Å². The molecule has 0 bridgehead atoms. The van der Waals surface area contributed by atoms with E-state index in [1.54, 1.807) is 0 Å². The number of aromatic nitrogens is 2. The number of hydrogen-bond acceptors (Lipinski definition) is 3. The van der Waals surface area contributed by atoms with Gasteiger partial charge >= 0.3 is 0 Å². The maximum Gasteiger partial charge on any atom is 0.133 e. The van der Waals surface area contributed by atoms with Crippen LogP contribution in [0.2, 0.25) is 0 Å². The fraction of sp³-hybridized carbons (Fsp3) is 0.562. The Bertz CT molecular complexity index is 647. The van der Waals surface area contributed by atoms with Gasteiger partial charge in [-0.15, -0.1) is 0 Å². The maximum atomic E-state index is 10.5. The van der Waals surface area contributed by atoms with E-state index in [0.717, 1.165) is 28.2 Å². The molecule has 3 atom stereocenters. The molecule has 0 aliphatic heterocycles. The van der Waals surface area contributed by atoms with Crippen molar-refractivity contribution < 1.29 is 9.52 Å². The van der Waals surface area contributed by atoms with Crippen molar-refractivity contribution in [2.75, 3.05) is 0 Å². The van der Waals surface area contributed by atoms with Crippen LogP contribution in [0.25, 0.3) is 0 Å². The van der Waals surface area contributed by atoms with Crippen molar-refractivity contribution in [3.63, 3.8) is 0 Å². The lowest BCUT2D eigenvalue weighted by Gasteiger charge is -2.10. The van der Waals surface area contributed by atoms with Gasteiger partial charge in [-0.25, -0.2) is 0 Å². The smallest absolute Gasteiger partial charge is 0.133 e. The monoisotopic (exact) mass is 352 g/mol. The summed E-state index contributed by atoms with van der Waals surface area (Å²) in [4.78, 5) is 0. The molecule has 5 heteroatoms. The van der Waals surface area contributed by atoms with Crippen molar-refractivity contribution in [1.29, 1.82) is 0 Å². The summed E-state index contributed by atoms with van der Waals surface area (Å²) in [5.41, 5.74) is 1.96. The second kappa shape index (κ2) is 5.61. The lowest BCUT2D eigenvalue weighted by atomic mass is 10.1. The molecule has 0 saturated heterocycles. The zero-order valence-corrected chi connectivity index (χ0v) is 14.2. The molecule has 3 rings (SSSR count). The summed E-state index contributed by atoms with van der Waals surface area (Å²) >= 11 is 3.56. The van der Waals surface area contributed by atoms with Crippen LogP contribution >= 0.6 is 15.9 Å². The van der Waals surface area contributed by atoms with E-state index in [1.165, 1.54) is 6.42 Å². The molecule has 21 heavy (non-hydrogen) atoms. The predicted octanol–water partition coefficient (Wildman–Crippen LogP) is 3.97. The van der Waals surface area contributed by atoms with Crippen molar-refractivity contribution in [3.8, 4) is 0 Å². The van der Waals surface area contributed by atoms with Gasteiger partial charge in [0.25, 0.3) is 0 Å². The van der Waals surface area contributed by atoms with Gasteiger partial charge in [-0.2, -0.15) is 5.10 Å². The summed E-state index contributed by atoms with van der Waals surface area (Å²) in [5, 5.41) is 14.9. The third kappa shape index (κ3) is 2.81. The van der Waals surface area contributed by atoms with E-state index in [1.807, 2.05) is 30.7 Å². The lowest BCUT2D eigenvalue weighted by molar-refractivity contribution is 0.145. The predicted molar refractivity (Wildman–Crippen MR) is 84.2 cm³/mol. The molecule has 1 fully saturated rings. The van der Waals surface area contributed by atoms with Crippen molar-refractivity contribution in [2.45, 2.75) is 52.2 Å². The molecule has 0 aromatic carbocycles. The summed E-state index contributed by atoms with van der Waals surface area (Å²) in [6.45, 7) is 7.03. The Morgan fingerprint density at radius 3 is 2.86 bits per heavy atom. The van der Waals surface area contributed by atoms with Crippen molar-refractivity contribution in [2.24, 2.45) is 5.92 Å². The largest absolute Gasteiger partial charge is 0.463 e. The number of aryl methyl sites for hydroxylation is 2. The summed E-state index contributed by atoms with van der Waals surface area (Å²) in [7, 11) is 0. The van der Waals surface area contributed by atoms with Crippen molar-refractivity contribution in [1.82, 2.24) is 9.78 Å². The molecule has 0 amide bonds. The minimum Gasteiger partial charge on any atom is -0.463 e. The Labute approximate surface area is 133 Å². The third-order valence-corrected chi connectivity index (χ3v) is 5.32. The molecular weight excluding hydrogens is 332 g/mol. The molecule has 1 N–H and O–H groups in total. The normalized spacial score (nSPS) is 22.5. The topological polar surface area (TPSA) is 51.2 Å². The SMILES string of the molecule is CCn1nc(C)c(Br)c1CC(O)c1ccc(C2CC2C)o1.